The number of amides is 2. The monoisotopic (exact) mass is 353 g/mol. The topological polar surface area (TPSA) is 96.4 Å². The van der Waals surface area contributed by atoms with E-state index >= 15 is 0 Å². The lowest BCUT2D eigenvalue weighted by Gasteiger charge is -2.16. The second kappa shape index (κ2) is 7.74. The molecular formula is C16H23N3O4S. The lowest BCUT2D eigenvalue weighted by molar-refractivity contribution is 0.0787. The Morgan fingerprint density at radius 3 is 2.67 bits per heavy atom. The number of nitrogens with zero attached hydrogens (tertiary/aromatic N) is 2. The van der Waals surface area contributed by atoms with Crippen LogP contribution in [0.1, 0.15) is 47.2 Å². The molecule has 1 aliphatic heterocycles. The van der Waals surface area contributed by atoms with Gasteiger partial charge in [-0.05, 0) is 25.0 Å². The van der Waals surface area contributed by atoms with Gasteiger partial charge in [-0.1, -0.05) is 19.4 Å². The summed E-state index contributed by atoms with van der Waals surface area (Å²) in [7, 11) is -1.36. The van der Waals surface area contributed by atoms with Crippen LogP contribution in [0.2, 0.25) is 0 Å². The number of hydrogen-bond donors (Lipinski definition) is 1. The van der Waals surface area contributed by atoms with Crippen molar-refractivity contribution in [2.24, 2.45) is 0 Å². The summed E-state index contributed by atoms with van der Waals surface area (Å²) >= 11 is 0. The van der Waals surface area contributed by atoms with Gasteiger partial charge in [0.2, 0.25) is 0 Å². The Morgan fingerprint density at radius 2 is 2.04 bits per heavy atom. The quantitative estimate of drug-likeness (QED) is 0.818. The summed E-state index contributed by atoms with van der Waals surface area (Å²) in [6, 6.07) is 4.30. The highest BCUT2D eigenvalue weighted by Crippen LogP contribution is 2.12. The molecule has 24 heavy (non-hydrogen) atoms. The maximum Gasteiger partial charge on any atom is 0.272 e. The van der Waals surface area contributed by atoms with Crippen LogP contribution in [-0.2, 0) is 9.84 Å². The van der Waals surface area contributed by atoms with Crippen molar-refractivity contribution in [2.75, 3.05) is 25.1 Å². The zero-order valence-electron chi connectivity index (χ0n) is 14.0. The summed E-state index contributed by atoms with van der Waals surface area (Å²) in [5.74, 6) is -0.645. The molecule has 2 amide bonds. The van der Waals surface area contributed by atoms with Gasteiger partial charge in [-0.25, -0.2) is 13.4 Å². The van der Waals surface area contributed by atoms with Gasteiger partial charge in [0.1, 0.15) is 11.4 Å². The summed E-state index contributed by atoms with van der Waals surface area (Å²) in [6.07, 6.45) is 2.29. The third kappa shape index (κ3) is 4.77. The first-order valence-corrected chi connectivity index (χ1v) is 9.88. The Balaban J connectivity index is 2.04. The molecule has 0 aliphatic carbocycles. The third-order valence-corrected chi connectivity index (χ3v) is 5.73. The Labute approximate surface area is 142 Å². The van der Waals surface area contributed by atoms with Crippen molar-refractivity contribution in [3.63, 3.8) is 0 Å². The largest absolute Gasteiger partial charge is 0.347 e. The van der Waals surface area contributed by atoms with Gasteiger partial charge in [0, 0.05) is 19.6 Å². The van der Waals surface area contributed by atoms with E-state index in [1.165, 1.54) is 6.07 Å². The van der Waals surface area contributed by atoms with E-state index in [1.807, 2.05) is 6.92 Å². The van der Waals surface area contributed by atoms with E-state index in [2.05, 4.69) is 10.3 Å². The molecule has 0 radical (unpaired) electrons. The van der Waals surface area contributed by atoms with Crippen molar-refractivity contribution in [1.82, 2.24) is 15.2 Å². The van der Waals surface area contributed by atoms with Crippen LogP contribution in [0.15, 0.2) is 18.2 Å². The van der Waals surface area contributed by atoms with Crippen LogP contribution in [0.5, 0.6) is 0 Å². The highest BCUT2D eigenvalue weighted by molar-refractivity contribution is 7.91. The molecule has 2 rings (SSSR count). The van der Waals surface area contributed by atoms with Crippen molar-refractivity contribution in [2.45, 2.75) is 32.2 Å². The molecule has 1 unspecified atom stereocenters. The van der Waals surface area contributed by atoms with Crippen LogP contribution < -0.4 is 5.32 Å². The van der Waals surface area contributed by atoms with Crippen molar-refractivity contribution in [3.8, 4) is 0 Å². The van der Waals surface area contributed by atoms with Crippen LogP contribution in [-0.4, -0.2) is 61.3 Å². The number of pyridine rings is 1. The molecule has 1 saturated heterocycles. The predicted octanol–water partition coefficient (Wildman–Crippen LogP) is 0.871. The number of aromatic nitrogens is 1. The predicted molar refractivity (Wildman–Crippen MR) is 90.6 cm³/mol. The molecule has 0 saturated carbocycles. The number of sulfone groups is 1. The van der Waals surface area contributed by atoms with Gasteiger partial charge in [-0.15, -0.1) is 0 Å². The standard InChI is InChI=1S/C16H23N3O4S/c1-3-4-9-19(2)16(21)14-7-5-6-13(18-14)15(20)17-12-8-10-24(22,23)11-12/h5-7,12H,3-4,8-11H2,1-2H3,(H,17,20). The van der Waals surface area contributed by atoms with Crippen LogP contribution in [0.3, 0.4) is 0 Å². The lowest BCUT2D eigenvalue weighted by Crippen LogP contribution is -2.36. The highest BCUT2D eigenvalue weighted by atomic mass is 32.2. The molecule has 0 bridgehead atoms. The molecule has 2 heterocycles. The van der Waals surface area contributed by atoms with Crippen molar-refractivity contribution < 1.29 is 18.0 Å². The van der Waals surface area contributed by atoms with Crippen molar-refractivity contribution >= 4 is 21.7 Å². The van der Waals surface area contributed by atoms with E-state index in [9.17, 15) is 18.0 Å². The smallest absolute Gasteiger partial charge is 0.272 e. The average molecular weight is 353 g/mol. The minimum absolute atomic E-state index is 0.0445. The Kier molecular flexibility index (Phi) is 5.93. The first-order chi connectivity index (χ1) is 11.3. The number of hydrogen-bond acceptors (Lipinski definition) is 5. The average Bonchev–Trinajstić information content (AvgIpc) is 2.90. The Hall–Kier alpha value is -1.96. The minimum atomic E-state index is -3.06. The van der Waals surface area contributed by atoms with E-state index in [4.69, 9.17) is 0 Å². The summed E-state index contributed by atoms with van der Waals surface area (Å²) < 4.78 is 22.9. The molecule has 8 heteroatoms. The van der Waals surface area contributed by atoms with Crippen LogP contribution in [0.4, 0.5) is 0 Å². The lowest BCUT2D eigenvalue weighted by atomic mass is 10.2. The van der Waals surface area contributed by atoms with Gasteiger partial charge < -0.3 is 10.2 Å². The van der Waals surface area contributed by atoms with Gasteiger partial charge >= 0.3 is 0 Å². The summed E-state index contributed by atoms with van der Waals surface area (Å²) in [6.45, 7) is 2.68. The number of carbonyl (C=O) groups is 2. The first-order valence-electron chi connectivity index (χ1n) is 8.06. The number of unbranched alkanes of at least 4 members (excludes halogenated alkanes) is 1. The molecule has 1 atom stereocenters. The second-order valence-corrected chi connectivity index (χ2v) is 8.29. The molecule has 1 aromatic heterocycles. The number of nitrogens with one attached hydrogen (secondary N) is 1. The molecule has 1 aliphatic rings. The fourth-order valence-electron chi connectivity index (χ4n) is 2.54. The van der Waals surface area contributed by atoms with Gasteiger partial charge in [-0.2, -0.15) is 0 Å². The number of rotatable bonds is 6. The maximum absolute atomic E-state index is 12.3. The first kappa shape index (κ1) is 18.4. The molecule has 1 N–H and O–H groups in total. The van der Waals surface area contributed by atoms with E-state index in [0.29, 0.717) is 13.0 Å². The molecule has 1 aromatic rings. The Bertz CT molecular complexity index is 718. The van der Waals surface area contributed by atoms with Gasteiger partial charge in [0.25, 0.3) is 11.8 Å². The molecular weight excluding hydrogens is 330 g/mol. The van der Waals surface area contributed by atoms with Gasteiger partial charge in [0.15, 0.2) is 9.84 Å². The number of carbonyl (C=O) groups excluding carboxylic acids is 2. The van der Waals surface area contributed by atoms with Crippen LogP contribution in [0, 0.1) is 0 Å². The molecule has 1 fully saturated rings. The van der Waals surface area contributed by atoms with E-state index in [-0.39, 0.29) is 28.8 Å². The molecule has 132 valence electrons. The second-order valence-electron chi connectivity index (χ2n) is 6.06. The Morgan fingerprint density at radius 1 is 1.33 bits per heavy atom. The normalized spacial score (nSPS) is 19.0. The fourth-order valence-corrected chi connectivity index (χ4v) is 4.21. The minimum Gasteiger partial charge on any atom is -0.347 e. The molecule has 0 spiro atoms. The van der Waals surface area contributed by atoms with E-state index < -0.39 is 21.8 Å². The van der Waals surface area contributed by atoms with Gasteiger partial charge in [0.05, 0.1) is 11.5 Å². The van der Waals surface area contributed by atoms with Crippen LogP contribution >= 0.6 is 0 Å². The summed E-state index contributed by atoms with van der Waals surface area (Å²) in [5, 5.41) is 2.67. The fraction of sp³-hybridized carbons (Fsp3) is 0.562. The maximum atomic E-state index is 12.3. The summed E-state index contributed by atoms with van der Waals surface area (Å²) in [4.78, 5) is 30.3. The third-order valence-electron chi connectivity index (χ3n) is 3.96. The zero-order valence-corrected chi connectivity index (χ0v) is 14.8. The van der Waals surface area contributed by atoms with Crippen molar-refractivity contribution in [1.29, 1.82) is 0 Å². The molecule has 7 nitrogen and oxygen atoms in total. The van der Waals surface area contributed by atoms with E-state index in [1.54, 1.807) is 24.1 Å². The SMILES string of the molecule is CCCCN(C)C(=O)c1cccc(C(=O)NC2CCS(=O)(=O)C2)n1. The van der Waals surface area contributed by atoms with Crippen molar-refractivity contribution in [3.05, 3.63) is 29.6 Å². The van der Waals surface area contributed by atoms with Gasteiger partial charge in [-0.3, -0.25) is 9.59 Å². The summed E-state index contributed by atoms with van der Waals surface area (Å²) in [5.41, 5.74) is 0.328. The van der Waals surface area contributed by atoms with Crippen LogP contribution in [0.25, 0.3) is 0 Å². The zero-order chi connectivity index (χ0) is 17.7. The highest BCUT2D eigenvalue weighted by Gasteiger charge is 2.29. The molecule has 0 aromatic carbocycles. The van der Waals surface area contributed by atoms with E-state index in [0.717, 1.165) is 12.8 Å².